The number of ether oxygens (including phenoxy) is 3. The minimum Gasteiger partial charge on any atom is -0.484 e. The molecule has 34 heavy (non-hydrogen) atoms. The fraction of sp³-hybridized carbons (Fsp3) is 0.292. The van der Waals surface area contributed by atoms with Crippen LogP contribution < -0.4 is 10.1 Å². The smallest absolute Gasteiger partial charge is 0.348 e. The lowest BCUT2D eigenvalue weighted by Crippen LogP contribution is -2.14. The second-order valence-electron chi connectivity index (χ2n) is 7.10. The van der Waals surface area contributed by atoms with E-state index in [4.69, 9.17) is 30.2 Å². The van der Waals surface area contributed by atoms with E-state index in [1.54, 1.807) is 32.9 Å². The predicted octanol–water partition coefficient (Wildman–Crippen LogP) is 5.80. The Morgan fingerprint density at radius 1 is 1.03 bits per heavy atom. The summed E-state index contributed by atoms with van der Waals surface area (Å²) in [6.45, 7) is 7.21. The molecule has 0 saturated heterocycles. The third kappa shape index (κ3) is 5.60. The Bertz CT molecular complexity index is 1190. The van der Waals surface area contributed by atoms with Gasteiger partial charge in [0, 0.05) is 0 Å². The van der Waals surface area contributed by atoms with Crippen molar-refractivity contribution in [1.29, 1.82) is 0 Å². The van der Waals surface area contributed by atoms with Gasteiger partial charge in [-0.25, -0.2) is 9.59 Å². The van der Waals surface area contributed by atoms with E-state index in [2.05, 4.69) is 5.32 Å². The van der Waals surface area contributed by atoms with Gasteiger partial charge in [-0.1, -0.05) is 23.7 Å². The lowest BCUT2D eigenvalue weighted by molar-refractivity contribution is 0.0527. The van der Waals surface area contributed by atoms with Crippen molar-refractivity contribution in [3.05, 3.63) is 68.4 Å². The molecule has 0 radical (unpaired) electrons. The van der Waals surface area contributed by atoms with Crippen LogP contribution in [0.2, 0.25) is 5.02 Å². The molecular weight excluding hydrogens is 482 g/mol. The molecule has 0 bridgehead atoms. The van der Waals surface area contributed by atoms with Crippen LogP contribution in [-0.2, 0) is 16.1 Å². The van der Waals surface area contributed by atoms with Gasteiger partial charge in [-0.2, -0.15) is 0 Å². The maximum absolute atomic E-state index is 12.8. The highest BCUT2D eigenvalue weighted by molar-refractivity contribution is 7.18. The molecule has 3 rings (SSSR count). The highest BCUT2D eigenvalue weighted by Crippen LogP contribution is 2.35. The summed E-state index contributed by atoms with van der Waals surface area (Å²) in [5.41, 5.74) is 1.35. The molecule has 0 spiro atoms. The molecule has 0 aliphatic heterocycles. The maximum atomic E-state index is 12.8. The normalized spacial score (nSPS) is 10.6. The molecule has 0 saturated carbocycles. The number of carbonyl (C=O) groups is 3. The highest BCUT2D eigenvalue weighted by atomic mass is 35.5. The van der Waals surface area contributed by atoms with Crippen molar-refractivity contribution in [2.45, 2.75) is 34.3 Å². The van der Waals surface area contributed by atoms with Crippen LogP contribution in [0.15, 0.2) is 34.7 Å². The second kappa shape index (κ2) is 11.2. The summed E-state index contributed by atoms with van der Waals surface area (Å²) in [6, 6.07) is 8.52. The monoisotopic (exact) mass is 505 g/mol. The Morgan fingerprint density at radius 3 is 2.41 bits per heavy atom. The highest BCUT2D eigenvalue weighted by Gasteiger charge is 2.28. The molecule has 0 aliphatic carbocycles. The molecule has 0 fully saturated rings. The SMILES string of the molecule is CCOC(=O)c1sc(NC(=O)c2ccc(COc3c(C)cccc3Cl)o2)c(C(=O)OCC)c1C. The van der Waals surface area contributed by atoms with Crippen LogP contribution in [0.4, 0.5) is 5.00 Å². The minimum absolute atomic E-state index is 0.00743. The largest absolute Gasteiger partial charge is 0.484 e. The van der Waals surface area contributed by atoms with Crippen LogP contribution in [0.1, 0.15) is 61.3 Å². The Morgan fingerprint density at radius 2 is 1.74 bits per heavy atom. The average Bonchev–Trinajstić information content (AvgIpc) is 3.38. The van der Waals surface area contributed by atoms with Crippen LogP contribution in [0.3, 0.4) is 0 Å². The number of furan rings is 1. The van der Waals surface area contributed by atoms with Crippen LogP contribution >= 0.6 is 22.9 Å². The van der Waals surface area contributed by atoms with Crippen molar-refractivity contribution in [2.24, 2.45) is 0 Å². The van der Waals surface area contributed by atoms with Gasteiger partial charge >= 0.3 is 11.9 Å². The number of thiophene rings is 1. The average molecular weight is 506 g/mol. The van der Waals surface area contributed by atoms with Crippen molar-refractivity contribution in [1.82, 2.24) is 0 Å². The first-order valence-corrected chi connectivity index (χ1v) is 11.7. The maximum Gasteiger partial charge on any atom is 0.348 e. The second-order valence-corrected chi connectivity index (χ2v) is 8.52. The Labute approximate surface area is 205 Å². The number of hydrogen-bond acceptors (Lipinski definition) is 8. The van der Waals surface area contributed by atoms with Gasteiger partial charge in [0.05, 0.1) is 23.8 Å². The number of hydrogen-bond donors (Lipinski definition) is 1. The summed E-state index contributed by atoms with van der Waals surface area (Å²) < 4.78 is 21.5. The third-order valence-electron chi connectivity index (χ3n) is 4.72. The van der Waals surface area contributed by atoms with E-state index in [0.29, 0.717) is 22.1 Å². The zero-order valence-corrected chi connectivity index (χ0v) is 20.7. The first-order valence-electron chi connectivity index (χ1n) is 10.5. The summed E-state index contributed by atoms with van der Waals surface area (Å²) in [6.07, 6.45) is 0. The lowest BCUT2D eigenvalue weighted by Gasteiger charge is -2.09. The molecule has 0 atom stereocenters. The van der Waals surface area contributed by atoms with Gasteiger partial charge in [0.25, 0.3) is 5.91 Å². The van der Waals surface area contributed by atoms with Gasteiger partial charge in [0.1, 0.15) is 28.0 Å². The van der Waals surface area contributed by atoms with Crippen LogP contribution in [-0.4, -0.2) is 31.1 Å². The van der Waals surface area contributed by atoms with Crippen molar-refractivity contribution in [3.63, 3.8) is 0 Å². The standard InChI is InChI=1S/C24H24ClNO7S/c1-5-30-23(28)18-14(4)20(24(29)31-6-2)34-22(18)26-21(27)17-11-10-15(33-17)12-32-19-13(3)8-7-9-16(19)25/h7-11H,5-6,12H2,1-4H3,(H,26,27). The molecular formula is C24H24ClNO7S. The molecule has 8 nitrogen and oxygen atoms in total. The third-order valence-corrected chi connectivity index (χ3v) is 6.21. The lowest BCUT2D eigenvalue weighted by atomic mass is 10.1. The zero-order chi connectivity index (χ0) is 24.8. The molecule has 3 aromatic rings. The van der Waals surface area contributed by atoms with E-state index in [1.165, 1.54) is 6.07 Å². The fourth-order valence-electron chi connectivity index (χ4n) is 3.13. The Balaban J connectivity index is 1.79. The van der Waals surface area contributed by atoms with Crippen molar-refractivity contribution >= 4 is 45.8 Å². The fourth-order valence-corrected chi connectivity index (χ4v) is 4.49. The molecule has 0 unspecified atom stereocenters. The summed E-state index contributed by atoms with van der Waals surface area (Å²) in [4.78, 5) is 37.8. The number of anilines is 1. The van der Waals surface area contributed by atoms with Gasteiger partial charge in [-0.05, 0) is 57.0 Å². The quantitative estimate of drug-likeness (QED) is 0.366. The summed E-state index contributed by atoms with van der Waals surface area (Å²) in [5, 5.41) is 3.29. The van der Waals surface area contributed by atoms with Gasteiger partial charge < -0.3 is 23.9 Å². The summed E-state index contributed by atoms with van der Waals surface area (Å²) in [7, 11) is 0. The van der Waals surface area contributed by atoms with Crippen LogP contribution in [0.5, 0.6) is 5.75 Å². The molecule has 1 aromatic carbocycles. The molecule has 2 heterocycles. The Kier molecular flexibility index (Phi) is 8.36. The van der Waals surface area contributed by atoms with Crippen molar-refractivity contribution < 1.29 is 33.0 Å². The van der Waals surface area contributed by atoms with E-state index >= 15 is 0 Å². The van der Waals surface area contributed by atoms with E-state index in [-0.39, 0.29) is 41.0 Å². The first kappa shape index (κ1) is 25.3. The van der Waals surface area contributed by atoms with Gasteiger partial charge in [-0.3, -0.25) is 4.79 Å². The Hall–Kier alpha value is -3.30. The van der Waals surface area contributed by atoms with Gasteiger partial charge in [-0.15, -0.1) is 11.3 Å². The topological polar surface area (TPSA) is 104 Å². The number of para-hydroxylation sites is 1. The minimum atomic E-state index is -0.647. The molecule has 1 amide bonds. The van der Waals surface area contributed by atoms with E-state index < -0.39 is 17.8 Å². The number of amides is 1. The van der Waals surface area contributed by atoms with Crippen LogP contribution in [0.25, 0.3) is 0 Å². The van der Waals surface area contributed by atoms with Gasteiger partial charge in [0.15, 0.2) is 5.76 Å². The van der Waals surface area contributed by atoms with Crippen LogP contribution in [0, 0.1) is 13.8 Å². The van der Waals surface area contributed by atoms with Gasteiger partial charge in [0.2, 0.25) is 0 Å². The molecule has 2 aromatic heterocycles. The molecule has 10 heteroatoms. The zero-order valence-electron chi connectivity index (χ0n) is 19.2. The summed E-state index contributed by atoms with van der Waals surface area (Å²) in [5.74, 6) is -0.875. The number of benzene rings is 1. The number of esters is 2. The molecule has 0 aliphatic rings. The molecule has 180 valence electrons. The summed E-state index contributed by atoms with van der Waals surface area (Å²) >= 11 is 7.11. The van der Waals surface area contributed by atoms with E-state index in [0.717, 1.165) is 16.9 Å². The number of aryl methyl sites for hydroxylation is 1. The van der Waals surface area contributed by atoms with Crippen molar-refractivity contribution in [3.8, 4) is 5.75 Å². The van der Waals surface area contributed by atoms with Crippen molar-refractivity contribution in [2.75, 3.05) is 18.5 Å². The number of rotatable bonds is 9. The number of nitrogens with one attached hydrogen (secondary N) is 1. The van der Waals surface area contributed by atoms with E-state index in [9.17, 15) is 14.4 Å². The van der Waals surface area contributed by atoms with E-state index in [1.807, 2.05) is 19.1 Å². The number of carbonyl (C=O) groups excluding carboxylic acids is 3. The number of halogens is 1. The molecule has 1 N–H and O–H groups in total. The predicted molar refractivity (Wildman–Crippen MR) is 128 cm³/mol. The first-order chi connectivity index (χ1) is 16.3.